The molecule has 0 atom stereocenters. The number of rotatable bonds is 2. The van der Waals surface area contributed by atoms with Gasteiger partial charge >= 0.3 is 6.36 Å². The van der Waals surface area contributed by atoms with E-state index in [1.165, 1.54) is 6.92 Å². The van der Waals surface area contributed by atoms with Gasteiger partial charge in [-0.3, -0.25) is 4.79 Å². The first-order valence-electron chi connectivity index (χ1n) is 3.96. The fourth-order valence-electron chi connectivity index (χ4n) is 1.08. The molecule has 0 radical (unpaired) electrons. The third-order valence-electron chi connectivity index (χ3n) is 1.60. The molecule has 88 valence electrons. The molecule has 0 N–H and O–H groups in total. The van der Waals surface area contributed by atoms with Crippen LogP contribution in [0.25, 0.3) is 0 Å². The topological polar surface area (TPSA) is 26.3 Å². The van der Waals surface area contributed by atoms with Gasteiger partial charge in [-0.05, 0) is 35.0 Å². The second kappa shape index (κ2) is 4.63. The van der Waals surface area contributed by atoms with Gasteiger partial charge in [-0.15, -0.1) is 13.2 Å². The number of ether oxygens (including phenoxy) is 1. The van der Waals surface area contributed by atoms with E-state index in [1.807, 2.05) is 0 Å². The Labute approximate surface area is 102 Å². The minimum atomic E-state index is -4.79. The van der Waals surface area contributed by atoms with Crippen LogP contribution in [0.5, 0.6) is 5.75 Å². The molecule has 0 unspecified atom stereocenters. The van der Waals surface area contributed by atoms with Gasteiger partial charge in [0.05, 0.1) is 10.6 Å². The van der Waals surface area contributed by atoms with Crippen molar-refractivity contribution >= 4 is 33.3 Å². The SMILES string of the molecule is CC(=O)c1c(Cl)cc(OC(F)(F)F)cc1Br. The molecule has 0 aliphatic rings. The van der Waals surface area contributed by atoms with Crippen LogP contribution >= 0.6 is 27.5 Å². The number of alkyl halides is 3. The molecule has 7 heteroatoms. The third kappa shape index (κ3) is 3.38. The van der Waals surface area contributed by atoms with E-state index in [1.54, 1.807) is 0 Å². The number of halogens is 5. The first-order chi connectivity index (χ1) is 7.20. The predicted octanol–water partition coefficient (Wildman–Crippen LogP) is 4.20. The molecule has 1 aromatic rings. The van der Waals surface area contributed by atoms with E-state index in [2.05, 4.69) is 20.7 Å². The van der Waals surface area contributed by atoms with Crippen LogP contribution < -0.4 is 4.74 Å². The maximum absolute atomic E-state index is 11.9. The predicted molar refractivity (Wildman–Crippen MR) is 55.8 cm³/mol. The number of carbonyl (C=O) groups is 1. The molecule has 0 heterocycles. The summed E-state index contributed by atoms with van der Waals surface area (Å²) < 4.78 is 39.6. The average molecular weight is 317 g/mol. The van der Waals surface area contributed by atoms with Gasteiger partial charge in [-0.1, -0.05) is 11.6 Å². The van der Waals surface area contributed by atoms with Crippen LogP contribution in [0, 0.1) is 0 Å². The molecule has 1 rings (SSSR count). The number of carbonyl (C=O) groups excluding carboxylic acids is 1. The number of ketones is 1. The summed E-state index contributed by atoms with van der Waals surface area (Å²) in [7, 11) is 0. The fraction of sp³-hybridized carbons (Fsp3) is 0.222. The Hall–Kier alpha value is -0.750. The van der Waals surface area contributed by atoms with Crippen molar-refractivity contribution < 1.29 is 22.7 Å². The lowest BCUT2D eigenvalue weighted by molar-refractivity contribution is -0.274. The van der Waals surface area contributed by atoms with Crippen LogP contribution in [0.3, 0.4) is 0 Å². The van der Waals surface area contributed by atoms with Gasteiger partial charge in [-0.2, -0.15) is 0 Å². The standard InChI is InChI=1S/C9H5BrClF3O2/c1-4(15)8-6(10)2-5(3-7(8)11)16-9(12,13)14/h2-3H,1H3. The fourth-order valence-corrected chi connectivity index (χ4v) is 2.25. The van der Waals surface area contributed by atoms with E-state index in [0.29, 0.717) is 0 Å². The lowest BCUT2D eigenvalue weighted by Crippen LogP contribution is -2.17. The molecule has 0 amide bonds. The van der Waals surface area contributed by atoms with E-state index < -0.39 is 12.1 Å². The molecule has 0 bridgehead atoms. The Bertz CT molecular complexity index is 408. The van der Waals surface area contributed by atoms with Gasteiger partial charge in [0.2, 0.25) is 0 Å². The van der Waals surface area contributed by atoms with Gasteiger partial charge in [0, 0.05) is 4.47 Å². The Morgan fingerprint density at radius 2 is 2.00 bits per heavy atom. The number of hydrogen-bond donors (Lipinski definition) is 0. The van der Waals surface area contributed by atoms with Crippen molar-refractivity contribution in [3.63, 3.8) is 0 Å². The molecular formula is C9H5BrClF3O2. The zero-order valence-electron chi connectivity index (χ0n) is 7.86. The summed E-state index contributed by atoms with van der Waals surface area (Å²) in [6.45, 7) is 1.26. The molecule has 0 spiro atoms. The lowest BCUT2D eigenvalue weighted by atomic mass is 10.1. The Kier molecular flexibility index (Phi) is 3.85. The van der Waals surface area contributed by atoms with E-state index in [4.69, 9.17) is 11.6 Å². The molecule has 0 fully saturated rings. The summed E-state index contributed by atoms with van der Waals surface area (Å²) in [4.78, 5) is 11.1. The largest absolute Gasteiger partial charge is 0.573 e. The smallest absolute Gasteiger partial charge is 0.406 e. The minimum Gasteiger partial charge on any atom is -0.406 e. The van der Waals surface area contributed by atoms with Crippen molar-refractivity contribution in [2.45, 2.75) is 13.3 Å². The van der Waals surface area contributed by atoms with Gasteiger partial charge in [0.25, 0.3) is 0 Å². The van der Waals surface area contributed by atoms with E-state index in [9.17, 15) is 18.0 Å². The van der Waals surface area contributed by atoms with Crippen molar-refractivity contribution in [3.8, 4) is 5.75 Å². The molecule has 2 nitrogen and oxygen atoms in total. The van der Waals surface area contributed by atoms with E-state index >= 15 is 0 Å². The number of hydrogen-bond acceptors (Lipinski definition) is 2. The Morgan fingerprint density at radius 3 is 2.38 bits per heavy atom. The highest BCUT2D eigenvalue weighted by molar-refractivity contribution is 9.10. The van der Waals surface area contributed by atoms with Crippen LogP contribution in [0.15, 0.2) is 16.6 Å². The quantitative estimate of drug-likeness (QED) is 0.764. The van der Waals surface area contributed by atoms with Gasteiger partial charge in [-0.25, -0.2) is 0 Å². The van der Waals surface area contributed by atoms with Crippen molar-refractivity contribution in [2.75, 3.05) is 0 Å². The second-order valence-electron chi connectivity index (χ2n) is 2.87. The maximum atomic E-state index is 11.9. The third-order valence-corrected chi connectivity index (χ3v) is 2.52. The Morgan fingerprint density at radius 1 is 1.44 bits per heavy atom. The summed E-state index contributed by atoms with van der Waals surface area (Å²) in [5.41, 5.74) is 0.121. The van der Waals surface area contributed by atoms with Gasteiger partial charge in [0.15, 0.2) is 5.78 Å². The minimum absolute atomic E-state index is 0.0962. The van der Waals surface area contributed by atoms with Crippen LogP contribution in [0.4, 0.5) is 13.2 Å². The van der Waals surface area contributed by atoms with E-state index in [0.717, 1.165) is 12.1 Å². The maximum Gasteiger partial charge on any atom is 0.573 e. The molecule has 1 aromatic carbocycles. The monoisotopic (exact) mass is 316 g/mol. The zero-order valence-corrected chi connectivity index (χ0v) is 10.2. The average Bonchev–Trinajstić information content (AvgIpc) is 1.96. The number of Topliss-reactive ketones (excluding diaryl/α,β-unsaturated/α-hetero) is 1. The highest BCUT2D eigenvalue weighted by atomic mass is 79.9. The summed E-state index contributed by atoms with van der Waals surface area (Å²) in [6, 6.07) is 1.98. The molecule has 16 heavy (non-hydrogen) atoms. The lowest BCUT2D eigenvalue weighted by Gasteiger charge is -2.11. The molecule has 0 saturated carbocycles. The zero-order chi connectivity index (χ0) is 12.5. The highest BCUT2D eigenvalue weighted by Crippen LogP contribution is 2.33. The molecule has 0 aliphatic carbocycles. The van der Waals surface area contributed by atoms with Crippen molar-refractivity contribution in [1.29, 1.82) is 0 Å². The van der Waals surface area contributed by atoms with Crippen LogP contribution in [0.1, 0.15) is 17.3 Å². The highest BCUT2D eigenvalue weighted by Gasteiger charge is 2.31. The Balaban J connectivity index is 3.15. The molecule has 0 aromatic heterocycles. The van der Waals surface area contributed by atoms with Crippen molar-refractivity contribution in [3.05, 3.63) is 27.2 Å². The number of benzene rings is 1. The first kappa shape index (κ1) is 13.3. The van der Waals surface area contributed by atoms with E-state index in [-0.39, 0.29) is 20.8 Å². The van der Waals surface area contributed by atoms with Crippen LogP contribution in [0.2, 0.25) is 5.02 Å². The van der Waals surface area contributed by atoms with Crippen molar-refractivity contribution in [1.82, 2.24) is 0 Å². The van der Waals surface area contributed by atoms with Gasteiger partial charge < -0.3 is 4.74 Å². The molecular weight excluding hydrogens is 312 g/mol. The van der Waals surface area contributed by atoms with Crippen molar-refractivity contribution in [2.24, 2.45) is 0 Å². The second-order valence-corrected chi connectivity index (χ2v) is 4.13. The summed E-state index contributed by atoms with van der Waals surface area (Å²) in [6.07, 6.45) is -4.79. The summed E-state index contributed by atoms with van der Waals surface area (Å²) in [5, 5.41) is -0.0962. The normalized spacial score (nSPS) is 11.4. The summed E-state index contributed by atoms with van der Waals surface area (Å²) >= 11 is 8.61. The van der Waals surface area contributed by atoms with Gasteiger partial charge in [0.1, 0.15) is 5.75 Å². The van der Waals surface area contributed by atoms with Crippen LogP contribution in [-0.4, -0.2) is 12.1 Å². The summed E-state index contributed by atoms with van der Waals surface area (Å²) in [5.74, 6) is -0.829. The van der Waals surface area contributed by atoms with Crippen LogP contribution in [-0.2, 0) is 0 Å². The molecule has 0 aliphatic heterocycles. The first-order valence-corrected chi connectivity index (χ1v) is 5.13. The molecule has 0 saturated heterocycles.